The number of hydrogen-bond donors (Lipinski definition) is 0. The zero-order valence-electron chi connectivity index (χ0n) is 15.5. The van der Waals surface area contributed by atoms with Crippen molar-refractivity contribution in [1.82, 2.24) is 4.98 Å². The van der Waals surface area contributed by atoms with E-state index in [4.69, 9.17) is 0 Å². The summed E-state index contributed by atoms with van der Waals surface area (Å²) in [5, 5.41) is 0. The van der Waals surface area contributed by atoms with Gasteiger partial charge in [-0.15, -0.1) is 0 Å². The lowest BCUT2D eigenvalue weighted by Gasteiger charge is -2.30. The van der Waals surface area contributed by atoms with Gasteiger partial charge in [-0.3, -0.25) is 14.6 Å². The second-order valence-electron chi connectivity index (χ2n) is 6.66. The fourth-order valence-electron chi connectivity index (χ4n) is 3.33. The Balaban J connectivity index is 1.59. The molecule has 1 aliphatic heterocycles. The molecule has 1 aromatic heterocycles. The van der Waals surface area contributed by atoms with Gasteiger partial charge in [-0.05, 0) is 47.9 Å². The van der Waals surface area contributed by atoms with Crippen LogP contribution in [0.15, 0.2) is 77.9 Å². The molecule has 2 aromatic carbocycles. The molecular weight excluding hydrogens is 369 g/mol. The lowest BCUT2D eigenvalue weighted by atomic mass is 9.89. The minimum Gasteiger partial charge on any atom is -0.296 e. The van der Waals surface area contributed by atoms with Crippen molar-refractivity contribution < 1.29 is 14.0 Å². The van der Waals surface area contributed by atoms with E-state index < -0.39 is 5.92 Å². The highest BCUT2D eigenvalue weighted by Crippen LogP contribution is 2.30. The van der Waals surface area contributed by atoms with Crippen LogP contribution in [0.5, 0.6) is 0 Å². The number of anilines is 1. The van der Waals surface area contributed by atoms with Crippen LogP contribution in [0.1, 0.15) is 27.4 Å². The van der Waals surface area contributed by atoms with Crippen LogP contribution in [-0.2, 0) is 11.2 Å². The van der Waals surface area contributed by atoms with Gasteiger partial charge in [-0.1, -0.05) is 36.4 Å². The maximum absolute atomic E-state index is 13.1. The highest BCUT2D eigenvalue weighted by Gasteiger charge is 2.39. The third-order valence-electron chi connectivity index (χ3n) is 4.79. The fraction of sp³-hybridized carbons (Fsp3) is 0.130. The first-order valence-electron chi connectivity index (χ1n) is 9.28. The Bertz CT molecular complexity index is 1060. The number of imide groups is 1. The summed E-state index contributed by atoms with van der Waals surface area (Å²) in [4.78, 5) is 35.7. The van der Waals surface area contributed by atoms with Gasteiger partial charge in [-0.25, -0.2) is 14.3 Å². The summed E-state index contributed by atoms with van der Waals surface area (Å²) >= 11 is 0. The summed E-state index contributed by atoms with van der Waals surface area (Å²) in [7, 11) is 0. The number of amides is 2. The molecule has 0 N–H and O–H groups in total. The van der Waals surface area contributed by atoms with Gasteiger partial charge in [0, 0.05) is 24.5 Å². The Morgan fingerprint density at radius 3 is 2.52 bits per heavy atom. The Labute approximate surface area is 167 Å². The summed E-state index contributed by atoms with van der Waals surface area (Å²) < 4.78 is 13.0. The zero-order chi connectivity index (χ0) is 20.2. The van der Waals surface area contributed by atoms with Crippen molar-refractivity contribution in [2.24, 2.45) is 4.99 Å². The van der Waals surface area contributed by atoms with E-state index >= 15 is 0 Å². The van der Waals surface area contributed by atoms with Crippen molar-refractivity contribution in [3.63, 3.8) is 0 Å². The van der Waals surface area contributed by atoms with Crippen molar-refractivity contribution in [3.05, 3.63) is 95.4 Å². The van der Waals surface area contributed by atoms with E-state index in [9.17, 15) is 14.0 Å². The van der Waals surface area contributed by atoms with E-state index in [0.29, 0.717) is 29.9 Å². The molecule has 6 heteroatoms. The Morgan fingerprint density at radius 1 is 1.00 bits per heavy atom. The fourth-order valence-corrected chi connectivity index (χ4v) is 3.33. The summed E-state index contributed by atoms with van der Waals surface area (Å²) in [5.74, 6) is -1.42. The third-order valence-corrected chi connectivity index (χ3v) is 4.79. The van der Waals surface area contributed by atoms with Crippen LogP contribution in [0.2, 0.25) is 0 Å². The molecule has 0 fully saturated rings. The molecule has 0 saturated heterocycles. The van der Waals surface area contributed by atoms with Crippen LogP contribution < -0.4 is 4.90 Å². The molecule has 5 nitrogen and oxygen atoms in total. The number of rotatable bonds is 5. The standard InChI is InChI=1S/C23H18FN3O2/c24-17-10-8-16(9-11-17)12-14-25-15-20-18-5-1-2-6-19(18)22(28)27(23(20)29)21-7-3-4-13-26-21/h1-11,13,15,20H,12,14H2/t20-/m1/s1. The molecule has 4 rings (SSSR count). The molecule has 0 aliphatic carbocycles. The first kappa shape index (κ1) is 18.7. The highest BCUT2D eigenvalue weighted by atomic mass is 19.1. The van der Waals surface area contributed by atoms with Gasteiger partial charge in [0.15, 0.2) is 0 Å². The number of fused-ring (bicyclic) bond motifs is 1. The van der Waals surface area contributed by atoms with Crippen LogP contribution in [0, 0.1) is 5.82 Å². The van der Waals surface area contributed by atoms with Crippen molar-refractivity contribution in [3.8, 4) is 0 Å². The van der Waals surface area contributed by atoms with E-state index in [-0.39, 0.29) is 17.6 Å². The van der Waals surface area contributed by atoms with E-state index in [1.807, 2.05) is 0 Å². The molecule has 29 heavy (non-hydrogen) atoms. The number of aliphatic imine (C=N–C) groups is 1. The molecule has 3 aromatic rings. The van der Waals surface area contributed by atoms with E-state index in [0.717, 1.165) is 10.5 Å². The van der Waals surface area contributed by atoms with Gasteiger partial charge in [-0.2, -0.15) is 0 Å². The number of aromatic nitrogens is 1. The molecule has 1 atom stereocenters. The number of benzene rings is 2. The van der Waals surface area contributed by atoms with Gasteiger partial charge < -0.3 is 0 Å². The summed E-state index contributed by atoms with van der Waals surface area (Å²) in [6.45, 7) is 0.453. The molecule has 0 bridgehead atoms. The average Bonchev–Trinajstić information content (AvgIpc) is 2.75. The normalized spacial score (nSPS) is 16.3. The molecule has 1 aliphatic rings. The van der Waals surface area contributed by atoms with E-state index in [2.05, 4.69) is 9.98 Å². The minimum absolute atomic E-state index is 0.277. The van der Waals surface area contributed by atoms with Crippen LogP contribution in [0.25, 0.3) is 0 Å². The van der Waals surface area contributed by atoms with Crippen LogP contribution in [-0.4, -0.2) is 29.6 Å². The predicted octanol–water partition coefficient (Wildman–Crippen LogP) is 3.80. The lowest BCUT2D eigenvalue weighted by Crippen LogP contribution is -2.46. The molecule has 0 spiro atoms. The summed E-state index contributed by atoms with van der Waals surface area (Å²) in [6, 6.07) is 18.4. The monoisotopic (exact) mass is 387 g/mol. The predicted molar refractivity (Wildman–Crippen MR) is 109 cm³/mol. The SMILES string of the molecule is O=C1c2ccccc2[C@@H](C=NCCc2ccc(F)cc2)C(=O)N1c1ccccn1. The van der Waals surface area contributed by atoms with Gasteiger partial charge >= 0.3 is 0 Å². The van der Waals surface area contributed by atoms with E-state index in [1.165, 1.54) is 12.1 Å². The number of halogens is 1. The van der Waals surface area contributed by atoms with E-state index in [1.54, 1.807) is 67.0 Å². The van der Waals surface area contributed by atoms with Crippen molar-refractivity contribution >= 4 is 23.8 Å². The quantitative estimate of drug-likeness (QED) is 0.494. The zero-order valence-corrected chi connectivity index (χ0v) is 15.5. The summed E-state index contributed by atoms with van der Waals surface area (Å²) in [5.41, 5.74) is 2.07. The molecule has 2 amide bonds. The number of pyridine rings is 1. The van der Waals surface area contributed by atoms with Crippen molar-refractivity contribution in [2.45, 2.75) is 12.3 Å². The Hall–Kier alpha value is -3.67. The second-order valence-corrected chi connectivity index (χ2v) is 6.66. The average molecular weight is 387 g/mol. The number of carbonyl (C=O) groups is 2. The largest absolute Gasteiger partial charge is 0.296 e. The van der Waals surface area contributed by atoms with Gasteiger partial charge in [0.25, 0.3) is 5.91 Å². The number of hydrogen-bond acceptors (Lipinski definition) is 4. The van der Waals surface area contributed by atoms with Gasteiger partial charge in [0.05, 0.1) is 5.92 Å². The first-order valence-corrected chi connectivity index (χ1v) is 9.28. The van der Waals surface area contributed by atoms with Crippen molar-refractivity contribution in [1.29, 1.82) is 0 Å². The molecular formula is C23H18FN3O2. The molecule has 144 valence electrons. The van der Waals surface area contributed by atoms with Gasteiger partial charge in [0.2, 0.25) is 5.91 Å². The first-order chi connectivity index (χ1) is 14.1. The molecule has 2 heterocycles. The van der Waals surface area contributed by atoms with Crippen LogP contribution in [0.4, 0.5) is 10.2 Å². The van der Waals surface area contributed by atoms with Crippen LogP contribution in [0.3, 0.4) is 0 Å². The van der Waals surface area contributed by atoms with Crippen LogP contribution >= 0.6 is 0 Å². The van der Waals surface area contributed by atoms with Crippen molar-refractivity contribution in [2.75, 3.05) is 11.4 Å². The van der Waals surface area contributed by atoms with Gasteiger partial charge in [0.1, 0.15) is 11.6 Å². The third kappa shape index (κ3) is 3.82. The number of nitrogens with zero attached hydrogens (tertiary/aromatic N) is 3. The minimum atomic E-state index is -0.667. The Kier molecular flexibility index (Phi) is 5.24. The highest BCUT2D eigenvalue weighted by molar-refractivity contribution is 6.28. The topological polar surface area (TPSA) is 62.6 Å². The maximum atomic E-state index is 13.1. The maximum Gasteiger partial charge on any atom is 0.266 e. The molecule has 0 saturated carbocycles. The molecule has 0 radical (unpaired) electrons. The Morgan fingerprint density at radius 2 is 1.76 bits per heavy atom. The summed E-state index contributed by atoms with van der Waals surface area (Å²) in [6.07, 6.45) is 3.76. The smallest absolute Gasteiger partial charge is 0.266 e. The number of carbonyl (C=O) groups excluding carboxylic acids is 2. The lowest BCUT2D eigenvalue weighted by molar-refractivity contribution is -0.118. The second kappa shape index (κ2) is 8.14. The molecule has 0 unspecified atom stereocenters.